The van der Waals surface area contributed by atoms with E-state index in [-0.39, 0.29) is 17.1 Å². The number of imidazole rings is 1. The highest BCUT2D eigenvalue weighted by molar-refractivity contribution is 6.32. The Balaban J connectivity index is 2.12. The maximum atomic E-state index is 13.7. The van der Waals surface area contributed by atoms with E-state index in [0.717, 1.165) is 0 Å². The van der Waals surface area contributed by atoms with Crippen molar-refractivity contribution in [2.45, 2.75) is 25.3 Å². The molecule has 1 aromatic carbocycles. The summed E-state index contributed by atoms with van der Waals surface area (Å²) in [6.07, 6.45) is 5.34. The van der Waals surface area contributed by atoms with Crippen LogP contribution < -0.4 is 11.1 Å². The smallest absolute Gasteiger partial charge is 0.224 e. The molecule has 0 saturated carbocycles. The second-order valence-electron chi connectivity index (χ2n) is 5.37. The summed E-state index contributed by atoms with van der Waals surface area (Å²) in [5.41, 5.74) is 7.35. The molecule has 23 heavy (non-hydrogen) atoms. The molecule has 7 heteroatoms. The number of amides is 1. The van der Waals surface area contributed by atoms with Crippen molar-refractivity contribution < 1.29 is 9.18 Å². The Hall–Kier alpha value is -2.18. The van der Waals surface area contributed by atoms with Gasteiger partial charge in [-0.25, -0.2) is 9.37 Å². The third-order valence-corrected chi connectivity index (χ3v) is 3.91. The van der Waals surface area contributed by atoms with E-state index < -0.39 is 5.82 Å². The van der Waals surface area contributed by atoms with Gasteiger partial charge in [0, 0.05) is 12.0 Å². The number of nitrogens with one attached hydrogen (secondary N) is 2. The Morgan fingerprint density at radius 3 is 3.00 bits per heavy atom. The molecule has 1 unspecified atom stereocenters. The minimum absolute atomic E-state index is 0.155. The Kier molecular flexibility index (Phi) is 4.45. The van der Waals surface area contributed by atoms with Gasteiger partial charge in [0.2, 0.25) is 5.91 Å². The van der Waals surface area contributed by atoms with Gasteiger partial charge in [0.15, 0.2) is 0 Å². The zero-order valence-electron chi connectivity index (χ0n) is 12.3. The lowest BCUT2D eigenvalue weighted by Crippen LogP contribution is -2.11. The van der Waals surface area contributed by atoms with Gasteiger partial charge in [0.1, 0.15) is 22.5 Å². The van der Waals surface area contributed by atoms with Crippen LogP contribution in [0.3, 0.4) is 0 Å². The molecule has 1 aliphatic rings. The lowest BCUT2D eigenvalue weighted by molar-refractivity contribution is -0.116. The number of aromatic nitrogens is 2. The van der Waals surface area contributed by atoms with Crippen molar-refractivity contribution in [3.8, 4) is 11.3 Å². The molecule has 3 rings (SSSR count). The number of H-pyrrole nitrogens is 1. The van der Waals surface area contributed by atoms with Gasteiger partial charge in [-0.1, -0.05) is 23.8 Å². The van der Waals surface area contributed by atoms with Crippen molar-refractivity contribution >= 4 is 23.2 Å². The molecular formula is C16H16ClFN4O. The fraction of sp³-hybridized carbons (Fsp3) is 0.250. The standard InChI is InChI=1S/C16H16ClFN4O/c17-15-14-10-8-9(18)6-7-12(10)20-13(23)5-3-1-2-4-11(19)16(21-14)22-15/h1-2,6-8,11H,3-5,19H2,(H,20,23)(H,21,22)/b2-1+. The number of rotatable bonds is 0. The quantitative estimate of drug-likeness (QED) is 0.644. The number of carbonyl (C=O) groups excluding carboxylic acids is 1. The highest BCUT2D eigenvalue weighted by Gasteiger charge is 2.19. The van der Waals surface area contributed by atoms with Gasteiger partial charge in [0.05, 0.1) is 11.7 Å². The topological polar surface area (TPSA) is 83.8 Å². The van der Waals surface area contributed by atoms with Gasteiger partial charge in [-0.3, -0.25) is 4.79 Å². The van der Waals surface area contributed by atoms with Crippen LogP contribution in [-0.4, -0.2) is 15.9 Å². The number of hydrogen-bond acceptors (Lipinski definition) is 3. The van der Waals surface area contributed by atoms with Crippen LogP contribution in [0.5, 0.6) is 0 Å². The summed E-state index contributed by atoms with van der Waals surface area (Å²) in [7, 11) is 0. The number of halogens is 2. The molecule has 0 aliphatic carbocycles. The van der Waals surface area contributed by atoms with Crippen molar-refractivity contribution in [2.75, 3.05) is 5.32 Å². The van der Waals surface area contributed by atoms with E-state index in [0.29, 0.717) is 42.0 Å². The highest BCUT2D eigenvalue weighted by Crippen LogP contribution is 2.34. The normalized spacial score (nSPS) is 19.8. The van der Waals surface area contributed by atoms with Crippen LogP contribution in [-0.2, 0) is 4.79 Å². The average molecular weight is 335 g/mol. The number of nitrogens with two attached hydrogens (primary N) is 1. The summed E-state index contributed by atoms with van der Waals surface area (Å²) in [6, 6.07) is 3.73. The van der Waals surface area contributed by atoms with Crippen molar-refractivity contribution in [3.63, 3.8) is 0 Å². The van der Waals surface area contributed by atoms with E-state index in [1.165, 1.54) is 18.2 Å². The van der Waals surface area contributed by atoms with Crippen LogP contribution in [0.4, 0.5) is 10.1 Å². The van der Waals surface area contributed by atoms with Crippen molar-refractivity contribution in [2.24, 2.45) is 5.73 Å². The lowest BCUT2D eigenvalue weighted by atomic mass is 10.1. The van der Waals surface area contributed by atoms with Gasteiger partial charge >= 0.3 is 0 Å². The fourth-order valence-electron chi connectivity index (χ4n) is 2.44. The first-order valence-electron chi connectivity index (χ1n) is 7.30. The van der Waals surface area contributed by atoms with Crippen LogP contribution in [0, 0.1) is 5.82 Å². The van der Waals surface area contributed by atoms with E-state index in [4.69, 9.17) is 17.3 Å². The number of fused-ring (bicyclic) bond motifs is 4. The molecule has 1 aromatic heterocycles. The predicted octanol–water partition coefficient (Wildman–Crippen LogP) is 3.55. The number of allylic oxidation sites excluding steroid dienone is 1. The van der Waals surface area contributed by atoms with Crippen LogP contribution in [0.25, 0.3) is 11.3 Å². The summed E-state index contributed by atoms with van der Waals surface area (Å²) >= 11 is 6.21. The number of hydrogen-bond donors (Lipinski definition) is 3. The summed E-state index contributed by atoms with van der Waals surface area (Å²) in [4.78, 5) is 19.3. The first kappa shape index (κ1) is 15.7. The third kappa shape index (κ3) is 3.43. The molecule has 2 heterocycles. The van der Waals surface area contributed by atoms with Crippen LogP contribution in [0.2, 0.25) is 5.15 Å². The third-order valence-electron chi connectivity index (χ3n) is 3.63. The Morgan fingerprint density at radius 2 is 2.17 bits per heavy atom. The van der Waals surface area contributed by atoms with E-state index >= 15 is 0 Å². The molecule has 2 bridgehead atoms. The number of carbonyl (C=O) groups is 1. The van der Waals surface area contributed by atoms with Gasteiger partial charge in [-0.2, -0.15) is 0 Å². The molecule has 0 spiro atoms. The second kappa shape index (κ2) is 6.52. The maximum Gasteiger partial charge on any atom is 0.224 e. The van der Waals surface area contributed by atoms with Crippen LogP contribution in [0.1, 0.15) is 31.1 Å². The summed E-state index contributed by atoms with van der Waals surface area (Å²) in [6.45, 7) is 0. The minimum atomic E-state index is -0.436. The SMILES string of the molecule is NC1C/C=C/CCC(=O)Nc2ccc(F)cc2-c2nc1[nH]c2Cl. The number of anilines is 1. The lowest BCUT2D eigenvalue weighted by Gasteiger charge is -2.10. The first-order chi connectivity index (χ1) is 11.0. The Morgan fingerprint density at radius 1 is 1.35 bits per heavy atom. The Bertz CT molecular complexity index is 771. The molecule has 0 saturated heterocycles. The van der Waals surface area contributed by atoms with E-state index in [1.807, 2.05) is 12.2 Å². The second-order valence-corrected chi connectivity index (χ2v) is 5.75. The van der Waals surface area contributed by atoms with Crippen LogP contribution in [0.15, 0.2) is 30.4 Å². The summed E-state index contributed by atoms with van der Waals surface area (Å²) in [5.74, 6) is -0.0673. The minimum Gasteiger partial charge on any atom is -0.331 e. The van der Waals surface area contributed by atoms with Gasteiger partial charge < -0.3 is 16.0 Å². The van der Waals surface area contributed by atoms with E-state index in [9.17, 15) is 9.18 Å². The molecule has 1 atom stereocenters. The average Bonchev–Trinajstić information content (AvgIpc) is 2.90. The van der Waals surface area contributed by atoms with E-state index in [2.05, 4.69) is 15.3 Å². The zero-order valence-corrected chi connectivity index (χ0v) is 13.0. The number of aromatic amines is 1. The predicted molar refractivity (Wildman–Crippen MR) is 87.5 cm³/mol. The molecule has 0 radical (unpaired) electrons. The van der Waals surface area contributed by atoms with Gasteiger partial charge in [-0.15, -0.1) is 0 Å². The largest absolute Gasteiger partial charge is 0.331 e. The van der Waals surface area contributed by atoms with E-state index in [1.54, 1.807) is 0 Å². The molecule has 2 aromatic rings. The fourth-order valence-corrected chi connectivity index (χ4v) is 2.68. The molecule has 1 aliphatic heterocycles. The molecule has 0 fully saturated rings. The van der Waals surface area contributed by atoms with Crippen molar-refractivity contribution in [3.05, 3.63) is 47.1 Å². The zero-order chi connectivity index (χ0) is 16.4. The molecule has 1 amide bonds. The number of nitrogens with zero attached hydrogens (tertiary/aromatic N) is 1. The van der Waals surface area contributed by atoms with Crippen LogP contribution >= 0.6 is 11.6 Å². The first-order valence-corrected chi connectivity index (χ1v) is 7.68. The Labute approximate surface area is 137 Å². The summed E-state index contributed by atoms with van der Waals surface area (Å²) in [5, 5.41) is 3.04. The molecule has 120 valence electrons. The van der Waals surface area contributed by atoms with Gasteiger partial charge in [-0.05, 0) is 31.0 Å². The van der Waals surface area contributed by atoms with Crippen molar-refractivity contribution in [1.82, 2.24) is 9.97 Å². The summed E-state index contributed by atoms with van der Waals surface area (Å²) < 4.78 is 13.7. The van der Waals surface area contributed by atoms with Gasteiger partial charge in [0.25, 0.3) is 0 Å². The number of benzene rings is 1. The molecule has 5 nitrogen and oxygen atoms in total. The maximum absolute atomic E-state index is 13.7. The monoisotopic (exact) mass is 334 g/mol. The highest BCUT2D eigenvalue weighted by atomic mass is 35.5. The molecular weight excluding hydrogens is 319 g/mol. The van der Waals surface area contributed by atoms with Crippen molar-refractivity contribution in [1.29, 1.82) is 0 Å². The molecule has 4 N–H and O–H groups in total.